The number of nitrogens with one attached hydrogen (secondary N) is 1. The van der Waals surface area contributed by atoms with Crippen LogP contribution < -0.4 is 5.32 Å². The highest BCUT2D eigenvalue weighted by atomic mass is 35.5. The van der Waals surface area contributed by atoms with Gasteiger partial charge >= 0.3 is 0 Å². The Morgan fingerprint density at radius 3 is 2.89 bits per heavy atom. The van der Waals surface area contributed by atoms with E-state index in [-0.39, 0.29) is 18.3 Å². The Bertz CT molecular complexity index is 386. The summed E-state index contributed by atoms with van der Waals surface area (Å²) < 4.78 is 0. The summed E-state index contributed by atoms with van der Waals surface area (Å²) in [6.07, 6.45) is 3.33. The second-order valence-electron chi connectivity index (χ2n) is 4.68. The molecule has 1 N–H and O–H groups in total. The zero-order chi connectivity index (χ0) is 12.3. The van der Waals surface area contributed by atoms with Crippen LogP contribution in [0.4, 0.5) is 0 Å². The smallest absolute Gasteiger partial charge is 0.264 e. The van der Waals surface area contributed by atoms with Gasteiger partial charge in [0.2, 0.25) is 0 Å². The van der Waals surface area contributed by atoms with Gasteiger partial charge in [-0.2, -0.15) is 0 Å². The first-order chi connectivity index (χ1) is 8.20. The highest BCUT2D eigenvalue weighted by Crippen LogP contribution is 2.20. The number of amides is 1. The average Bonchev–Trinajstić information content (AvgIpc) is 2.60. The second-order valence-corrected chi connectivity index (χ2v) is 5.60. The minimum absolute atomic E-state index is 0. The molecular weight excluding hydrogens is 268 g/mol. The van der Waals surface area contributed by atoms with Crippen LogP contribution in [-0.2, 0) is 0 Å². The van der Waals surface area contributed by atoms with E-state index in [1.54, 1.807) is 11.3 Å². The molecule has 1 saturated heterocycles. The summed E-state index contributed by atoms with van der Waals surface area (Å²) in [5.41, 5.74) is 1.10. The van der Waals surface area contributed by atoms with Gasteiger partial charge in [0.15, 0.2) is 0 Å². The molecule has 18 heavy (non-hydrogen) atoms. The first kappa shape index (κ1) is 15.5. The van der Waals surface area contributed by atoms with E-state index in [9.17, 15) is 4.79 Å². The van der Waals surface area contributed by atoms with Crippen LogP contribution in [0, 0.1) is 6.92 Å². The van der Waals surface area contributed by atoms with Gasteiger partial charge in [0.25, 0.3) is 5.91 Å². The van der Waals surface area contributed by atoms with Crippen LogP contribution in [-0.4, -0.2) is 37.0 Å². The van der Waals surface area contributed by atoms with Gasteiger partial charge in [-0.1, -0.05) is 0 Å². The molecule has 1 unspecified atom stereocenters. The standard InChI is InChI=1S/C13H20N2OS.ClH/c1-10-6-9-17-12(10)13(16)15(2)11-4-3-7-14-8-5-11;/h6,9,11,14H,3-5,7-8H2,1-2H3;1H. The van der Waals surface area contributed by atoms with Crippen molar-refractivity contribution in [1.29, 1.82) is 0 Å². The Hall–Kier alpha value is -0.580. The predicted molar refractivity (Wildman–Crippen MR) is 78.9 cm³/mol. The number of thiophene rings is 1. The largest absolute Gasteiger partial charge is 0.338 e. The van der Waals surface area contributed by atoms with Gasteiger partial charge in [-0.15, -0.1) is 23.7 Å². The topological polar surface area (TPSA) is 32.3 Å². The first-order valence-electron chi connectivity index (χ1n) is 6.22. The molecular formula is C13H21ClN2OS. The third kappa shape index (κ3) is 3.46. The van der Waals surface area contributed by atoms with E-state index < -0.39 is 0 Å². The Morgan fingerprint density at radius 2 is 2.22 bits per heavy atom. The number of aryl methyl sites for hydroxylation is 1. The molecule has 0 aromatic carbocycles. The van der Waals surface area contributed by atoms with Crippen molar-refractivity contribution in [1.82, 2.24) is 10.2 Å². The van der Waals surface area contributed by atoms with Gasteiger partial charge in [-0.25, -0.2) is 0 Å². The lowest BCUT2D eigenvalue weighted by Crippen LogP contribution is -2.37. The normalized spacial score (nSPS) is 19.8. The van der Waals surface area contributed by atoms with E-state index >= 15 is 0 Å². The van der Waals surface area contributed by atoms with Crippen molar-refractivity contribution < 1.29 is 4.79 Å². The molecule has 2 rings (SSSR count). The van der Waals surface area contributed by atoms with E-state index in [4.69, 9.17) is 0 Å². The SMILES string of the molecule is Cc1ccsc1C(=O)N(C)C1CCCNCC1.Cl. The highest BCUT2D eigenvalue weighted by Gasteiger charge is 2.23. The Labute approximate surface area is 119 Å². The molecule has 1 aliphatic heterocycles. The van der Waals surface area contributed by atoms with Crippen molar-refractivity contribution in [3.05, 3.63) is 21.9 Å². The summed E-state index contributed by atoms with van der Waals surface area (Å²) in [7, 11) is 1.94. The number of hydrogen-bond acceptors (Lipinski definition) is 3. The molecule has 0 radical (unpaired) electrons. The van der Waals surface area contributed by atoms with Gasteiger partial charge in [-0.05, 0) is 56.3 Å². The van der Waals surface area contributed by atoms with Crippen LogP contribution in [0.3, 0.4) is 0 Å². The molecule has 1 amide bonds. The molecule has 0 saturated carbocycles. The van der Waals surface area contributed by atoms with Gasteiger partial charge in [0.05, 0.1) is 4.88 Å². The van der Waals surface area contributed by atoms with E-state index in [1.807, 2.05) is 30.3 Å². The number of hydrogen-bond donors (Lipinski definition) is 1. The zero-order valence-corrected chi connectivity index (χ0v) is 12.6. The maximum absolute atomic E-state index is 12.4. The number of nitrogens with zero attached hydrogens (tertiary/aromatic N) is 1. The third-order valence-electron chi connectivity index (χ3n) is 3.47. The molecule has 1 aromatic heterocycles. The molecule has 2 heterocycles. The number of carbonyl (C=O) groups excluding carboxylic acids is 1. The second kappa shape index (κ2) is 7.12. The summed E-state index contributed by atoms with van der Waals surface area (Å²) in [6.45, 7) is 4.11. The molecule has 102 valence electrons. The molecule has 3 nitrogen and oxygen atoms in total. The van der Waals surface area contributed by atoms with Crippen molar-refractivity contribution in [2.24, 2.45) is 0 Å². The molecule has 1 atom stereocenters. The van der Waals surface area contributed by atoms with Crippen LogP contribution in [0.2, 0.25) is 0 Å². The van der Waals surface area contributed by atoms with Crippen molar-refractivity contribution >= 4 is 29.7 Å². The number of carbonyl (C=O) groups is 1. The number of rotatable bonds is 2. The zero-order valence-electron chi connectivity index (χ0n) is 10.9. The van der Waals surface area contributed by atoms with Crippen LogP contribution in [0.1, 0.15) is 34.5 Å². The summed E-state index contributed by atoms with van der Waals surface area (Å²) in [5, 5.41) is 5.37. The summed E-state index contributed by atoms with van der Waals surface area (Å²) in [4.78, 5) is 15.2. The quantitative estimate of drug-likeness (QED) is 0.907. The average molecular weight is 289 g/mol. The Morgan fingerprint density at radius 1 is 1.44 bits per heavy atom. The minimum Gasteiger partial charge on any atom is -0.338 e. The highest BCUT2D eigenvalue weighted by molar-refractivity contribution is 7.12. The fourth-order valence-electron chi connectivity index (χ4n) is 2.31. The van der Waals surface area contributed by atoms with Gasteiger partial charge < -0.3 is 10.2 Å². The maximum atomic E-state index is 12.4. The minimum atomic E-state index is 0. The van der Waals surface area contributed by atoms with Gasteiger partial charge in [-0.3, -0.25) is 4.79 Å². The molecule has 1 aromatic rings. The summed E-state index contributed by atoms with van der Waals surface area (Å²) >= 11 is 1.55. The lowest BCUT2D eigenvalue weighted by molar-refractivity contribution is 0.0725. The van der Waals surface area contributed by atoms with Crippen molar-refractivity contribution in [2.45, 2.75) is 32.2 Å². The van der Waals surface area contributed by atoms with Crippen molar-refractivity contribution in [3.63, 3.8) is 0 Å². The first-order valence-corrected chi connectivity index (χ1v) is 7.10. The fraction of sp³-hybridized carbons (Fsp3) is 0.615. The third-order valence-corrected chi connectivity index (χ3v) is 4.47. The lowest BCUT2D eigenvalue weighted by Gasteiger charge is -2.26. The lowest BCUT2D eigenvalue weighted by atomic mass is 10.1. The van der Waals surface area contributed by atoms with Crippen LogP contribution >= 0.6 is 23.7 Å². The fourth-order valence-corrected chi connectivity index (χ4v) is 3.21. The molecule has 5 heteroatoms. The Kier molecular flexibility index (Phi) is 6.12. The molecule has 0 bridgehead atoms. The van der Waals surface area contributed by atoms with Crippen LogP contribution in [0.5, 0.6) is 0 Å². The predicted octanol–water partition coefficient (Wildman–Crippen LogP) is 2.69. The molecule has 1 fully saturated rings. The monoisotopic (exact) mass is 288 g/mol. The molecule has 0 aliphatic carbocycles. The van der Waals surface area contributed by atoms with Crippen LogP contribution in [0.15, 0.2) is 11.4 Å². The summed E-state index contributed by atoms with van der Waals surface area (Å²) in [5.74, 6) is 0.185. The van der Waals surface area contributed by atoms with Crippen LogP contribution in [0.25, 0.3) is 0 Å². The van der Waals surface area contributed by atoms with Gasteiger partial charge in [0.1, 0.15) is 0 Å². The Balaban J connectivity index is 0.00000162. The molecule has 0 spiro atoms. The number of halogens is 1. The summed E-state index contributed by atoms with van der Waals surface area (Å²) in [6, 6.07) is 2.40. The molecule has 1 aliphatic rings. The van der Waals surface area contributed by atoms with E-state index in [2.05, 4.69) is 5.32 Å². The van der Waals surface area contributed by atoms with Crippen molar-refractivity contribution in [3.8, 4) is 0 Å². The maximum Gasteiger partial charge on any atom is 0.264 e. The van der Waals surface area contributed by atoms with Gasteiger partial charge in [0, 0.05) is 13.1 Å². The van der Waals surface area contributed by atoms with E-state index in [0.717, 1.165) is 42.8 Å². The van der Waals surface area contributed by atoms with Crippen molar-refractivity contribution in [2.75, 3.05) is 20.1 Å². The van der Waals surface area contributed by atoms with E-state index in [0.29, 0.717) is 6.04 Å². The van der Waals surface area contributed by atoms with E-state index in [1.165, 1.54) is 0 Å².